The molecular weight excluding hydrogens is 326 g/mol. The highest BCUT2D eigenvalue weighted by atomic mass is 16.5. The second-order valence-electron chi connectivity index (χ2n) is 7.81. The van der Waals surface area contributed by atoms with Gasteiger partial charge in [0, 0.05) is 13.6 Å². The van der Waals surface area contributed by atoms with Gasteiger partial charge in [-0.1, -0.05) is 18.6 Å². The van der Waals surface area contributed by atoms with Crippen LogP contribution in [0.3, 0.4) is 0 Å². The molecule has 3 fully saturated rings. The number of nitrogens with zero attached hydrogens (tertiary/aromatic N) is 1. The lowest BCUT2D eigenvalue weighted by atomic mass is 9.96. The Hall–Kier alpha value is -1.75. The second-order valence-corrected chi connectivity index (χ2v) is 7.81. The third-order valence-electron chi connectivity index (χ3n) is 5.89. The standard InChI is InChI=1S/C21H31N3O2/c1-22-21(24-19-13-18-11-12-20(19)26-18)23-14-15-7-9-17(10-8-15)25-16-5-3-2-4-6-16/h7-10,16,18-20H,2-6,11-14H2,1H3,(H2,22,23,24). The van der Waals surface area contributed by atoms with E-state index >= 15 is 0 Å². The highest BCUT2D eigenvalue weighted by Crippen LogP contribution is 2.34. The van der Waals surface area contributed by atoms with Crippen molar-refractivity contribution >= 4 is 5.96 Å². The Kier molecular flexibility index (Phi) is 5.63. The van der Waals surface area contributed by atoms with E-state index in [1.807, 2.05) is 7.05 Å². The summed E-state index contributed by atoms with van der Waals surface area (Å²) in [6.45, 7) is 0.755. The maximum Gasteiger partial charge on any atom is 0.191 e. The van der Waals surface area contributed by atoms with Gasteiger partial charge in [-0.15, -0.1) is 0 Å². The van der Waals surface area contributed by atoms with Gasteiger partial charge < -0.3 is 20.1 Å². The highest BCUT2D eigenvalue weighted by Gasteiger charge is 2.41. The number of hydrogen-bond acceptors (Lipinski definition) is 3. The Morgan fingerprint density at radius 3 is 2.58 bits per heavy atom. The fourth-order valence-electron chi connectivity index (χ4n) is 4.41. The first-order valence-electron chi connectivity index (χ1n) is 10.2. The van der Waals surface area contributed by atoms with Crippen LogP contribution >= 0.6 is 0 Å². The topological polar surface area (TPSA) is 54.9 Å². The largest absolute Gasteiger partial charge is 0.490 e. The van der Waals surface area contributed by atoms with Crippen molar-refractivity contribution in [3.63, 3.8) is 0 Å². The molecule has 3 atom stereocenters. The average molecular weight is 357 g/mol. The van der Waals surface area contributed by atoms with Gasteiger partial charge in [-0.2, -0.15) is 0 Å². The Morgan fingerprint density at radius 2 is 1.92 bits per heavy atom. The summed E-state index contributed by atoms with van der Waals surface area (Å²) in [5, 5.41) is 6.94. The second kappa shape index (κ2) is 8.30. The van der Waals surface area contributed by atoms with Gasteiger partial charge in [0.05, 0.1) is 24.4 Å². The lowest BCUT2D eigenvalue weighted by Gasteiger charge is -2.23. The first-order chi connectivity index (χ1) is 12.8. The minimum Gasteiger partial charge on any atom is -0.490 e. The van der Waals surface area contributed by atoms with Crippen LogP contribution in [0.5, 0.6) is 5.75 Å². The molecule has 0 aromatic heterocycles. The maximum absolute atomic E-state index is 6.10. The number of nitrogens with one attached hydrogen (secondary N) is 2. The summed E-state index contributed by atoms with van der Waals surface area (Å²) in [7, 11) is 1.82. The number of benzene rings is 1. The van der Waals surface area contributed by atoms with Crippen LogP contribution < -0.4 is 15.4 Å². The first kappa shape index (κ1) is 17.7. The van der Waals surface area contributed by atoms with Gasteiger partial charge >= 0.3 is 0 Å². The Bertz CT molecular complexity index is 610. The molecule has 1 aliphatic carbocycles. The quantitative estimate of drug-likeness (QED) is 0.627. The molecule has 1 aromatic carbocycles. The van der Waals surface area contributed by atoms with E-state index in [1.165, 1.54) is 50.5 Å². The van der Waals surface area contributed by atoms with Crippen molar-refractivity contribution in [2.45, 2.75) is 82.3 Å². The normalized spacial score (nSPS) is 29.0. The number of guanidine groups is 1. The van der Waals surface area contributed by atoms with Crippen LogP contribution in [0.15, 0.2) is 29.3 Å². The molecule has 2 bridgehead atoms. The number of aliphatic imine (C=N–C) groups is 1. The summed E-state index contributed by atoms with van der Waals surface area (Å²) in [6.07, 6.45) is 11.0. The van der Waals surface area contributed by atoms with Crippen molar-refractivity contribution in [2.24, 2.45) is 4.99 Å². The molecule has 3 aliphatic rings. The summed E-state index contributed by atoms with van der Waals surface area (Å²) in [6, 6.07) is 8.85. The number of fused-ring (bicyclic) bond motifs is 2. The van der Waals surface area contributed by atoms with Crippen LogP contribution in [0.4, 0.5) is 0 Å². The predicted octanol–water partition coefficient (Wildman–Crippen LogP) is 3.38. The van der Waals surface area contributed by atoms with Crippen molar-refractivity contribution < 1.29 is 9.47 Å². The molecule has 0 radical (unpaired) electrons. The molecule has 2 saturated heterocycles. The van der Waals surface area contributed by atoms with Gasteiger partial charge in [-0.05, 0) is 62.6 Å². The Balaban J connectivity index is 1.24. The molecular formula is C21H31N3O2. The van der Waals surface area contributed by atoms with Crippen LogP contribution in [0.25, 0.3) is 0 Å². The van der Waals surface area contributed by atoms with E-state index in [0.29, 0.717) is 24.4 Å². The number of rotatable bonds is 5. The number of ether oxygens (including phenoxy) is 2. The monoisotopic (exact) mass is 357 g/mol. The zero-order valence-electron chi connectivity index (χ0n) is 15.7. The fraction of sp³-hybridized carbons (Fsp3) is 0.667. The van der Waals surface area contributed by atoms with Crippen LogP contribution in [0.2, 0.25) is 0 Å². The van der Waals surface area contributed by atoms with Gasteiger partial charge in [-0.3, -0.25) is 4.99 Å². The lowest BCUT2D eigenvalue weighted by Crippen LogP contribution is -2.47. The fourth-order valence-corrected chi connectivity index (χ4v) is 4.41. The lowest BCUT2D eigenvalue weighted by molar-refractivity contribution is 0.0992. The van der Waals surface area contributed by atoms with Crippen molar-refractivity contribution in [3.8, 4) is 5.75 Å². The van der Waals surface area contributed by atoms with Crippen molar-refractivity contribution in [3.05, 3.63) is 29.8 Å². The molecule has 5 heteroatoms. The highest BCUT2D eigenvalue weighted by molar-refractivity contribution is 5.80. The van der Waals surface area contributed by atoms with Gasteiger partial charge in [0.15, 0.2) is 5.96 Å². The Labute approximate surface area is 156 Å². The van der Waals surface area contributed by atoms with Gasteiger partial charge in [0.1, 0.15) is 5.75 Å². The summed E-state index contributed by atoms with van der Waals surface area (Å²) >= 11 is 0. The molecule has 2 aliphatic heterocycles. The van der Waals surface area contributed by atoms with E-state index < -0.39 is 0 Å². The van der Waals surface area contributed by atoms with Gasteiger partial charge in [0.25, 0.3) is 0 Å². The van der Waals surface area contributed by atoms with Crippen molar-refractivity contribution in [1.82, 2.24) is 10.6 Å². The maximum atomic E-state index is 6.10. The minimum atomic E-state index is 0.356. The predicted molar refractivity (Wildman–Crippen MR) is 104 cm³/mol. The van der Waals surface area contributed by atoms with Crippen molar-refractivity contribution in [1.29, 1.82) is 0 Å². The third-order valence-corrected chi connectivity index (χ3v) is 5.89. The zero-order chi connectivity index (χ0) is 17.8. The van der Waals surface area contributed by atoms with Crippen LogP contribution in [0, 0.1) is 0 Å². The van der Waals surface area contributed by atoms with E-state index in [1.54, 1.807) is 0 Å². The summed E-state index contributed by atoms with van der Waals surface area (Å²) in [5.41, 5.74) is 1.23. The molecule has 3 unspecified atom stereocenters. The summed E-state index contributed by atoms with van der Waals surface area (Å²) in [5.74, 6) is 1.84. The zero-order valence-corrected chi connectivity index (χ0v) is 15.7. The molecule has 4 rings (SSSR count). The van der Waals surface area contributed by atoms with Crippen LogP contribution in [-0.2, 0) is 11.3 Å². The molecule has 0 spiro atoms. The molecule has 2 heterocycles. The molecule has 5 nitrogen and oxygen atoms in total. The molecule has 2 N–H and O–H groups in total. The number of hydrogen-bond donors (Lipinski definition) is 2. The van der Waals surface area contributed by atoms with E-state index in [0.717, 1.165) is 24.7 Å². The van der Waals surface area contributed by atoms with Crippen molar-refractivity contribution in [2.75, 3.05) is 7.05 Å². The molecule has 1 saturated carbocycles. The average Bonchev–Trinajstić information content (AvgIpc) is 3.30. The first-order valence-corrected chi connectivity index (χ1v) is 10.2. The molecule has 1 aromatic rings. The van der Waals surface area contributed by atoms with Crippen LogP contribution in [-0.4, -0.2) is 37.4 Å². The van der Waals surface area contributed by atoms with E-state index in [2.05, 4.69) is 39.9 Å². The third kappa shape index (κ3) is 4.32. The van der Waals surface area contributed by atoms with E-state index in [4.69, 9.17) is 9.47 Å². The smallest absolute Gasteiger partial charge is 0.191 e. The Morgan fingerprint density at radius 1 is 1.12 bits per heavy atom. The van der Waals surface area contributed by atoms with E-state index in [-0.39, 0.29) is 0 Å². The SMILES string of the molecule is CN=C(NCc1ccc(OC2CCCCC2)cc1)NC1CC2CCC1O2. The summed E-state index contributed by atoms with van der Waals surface area (Å²) in [4.78, 5) is 4.36. The minimum absolute atomic E-state index is 0.356. The van der Waals surface area contributed by atoms with Crippen LogP contribution in [0.1, 0.15) is 56.9 Å². The van der Waals surface area contributed by atoms with Gasteiger partial charge in [-0.25, -0.2) is 0 Å². The molecule has 142 valence electrons. The molecule has 26 heavy (non-hydrogen) atoms. The van der Waals surface area contributed by atoms with E-state index in [9.17, 15) is 0 Å². The summed E-state index contributed by atoms with van der Waals surface area (Å²) < 4.78 is 12.0. The van der Waals surface area contributed by atoms with Gasteiger partial charge in [0.2, 0.25) is 0 Å². The molecule has 0 amide bonds.